The molecule has 8 nitrogen and oxygen atoms in total. The van der Waals surface area contributed by atoms with E-state index in [1.807, 2.05) is 0 Å². The minimum Gasteiger partial charge on any atom is -0.339 e. The van der Waals surface area contributed by atoms with E-state index in [9.17, 15) is 21.2 Å². The van der Waals surface area contributed by atoms with Crippen LogP contribution >= 0.6 is 11.6 Å². The Kier molecular flexibility index (Phi) is 5.31. The molecule has 0 amide bonds. The normalized spacial score (nSPS) is 12.8. The zero-order valence-corrected chi connectivity index (χ0v) is 19.0. The first-order valence-corrected chi connectivity index (χ1v) is 13.4. The predicted octanol–water partition coefficient (Wildman–Crippen LogP) is 2.67. The van der Waals surface area contributed by atoms with Crippen LogP contribution < -0.4 is 0 Å². The van der Waals surface area contributed by atoms with Crippen LogP contribution in [0.15, 0.2) is 41.7 Å². The number of aromatic nitrogens is 4. The van der Waals surface area contributed by atoms with Gasteiger partial charge in [0, 0.05) is 46.7 Å². The summed E-state index contributed by atoms with van der Waals surface area (Å²) in [7, 11) is -6.91. The average Bonchev–Trinajstić information content (AvgIpc) is 3.18. The quantitative estimate of drug-likeness (QED) is 0.416. The van der Waals surface area contributed by atoms with Gasteiger partial charge in [-0.2, -0.15) is 5.10 Å². The van der Waals surface area contributed by atoms with E-state index in [1.165, 1.54) is 23.1 Å². The van der Waals surface area contributed by atoms with Gasteiger partial charge >= 0.3 is 0 Å². The fraction of sp³-hybridized carbons (Fsp3) is 0.263. The maximum absolute atomic E-state index is 14.7. The Balaban J connectivity index is 1.90. The Morgan fingerprint density at radius 2 is 1.87 bits per heavy atom. The van der Waals surface area contributed by atoms with Crippen molar-refractivity contribution in [3.63, 3.8) is 0 Å². The Morgan fingerprint density at radius 1 is 1.13 bits per heavy atom. The third kappa shape index (κ3) is 4.30. The number of pyridine rings is 1. The first-order valence-electron chi connectivity index (χ1n) is 9.09. The number of sulfone groups is 2. The molecule has 0 aliphatic carbocycles. The summed E-state index contributed by atoms with van der Waals surface area (Å²) in [6, 6.07) is 6.01. The van der Waals surface area contributed by atoms with E-state index in [1.54, 1.807) is 22.8 Å². The van der Waals surface area contributed by atoms with Crippen LogP contribution in [0.5, 0.6) is 0 Å². The summed E-state index contributed by atoms with van der Waals surface area (Å²) in [6.45, 7) is 0.0970. The topological polar surface area (TPSA) is 104 Å². The van der Waals surface area contributed by atoms with Crippen molar-refractivity contribution in [3.8, 4) is 0 Å². The molecule has 0 unspecified atom stereocenters. The fourth-order valence-electron chi connectivity index (χ4n) is 3.56. The van der Waals surface area contributed by atoms with Crippen LogP contribution in [0.2, 0.25) is 5.02 Å². The van der Waals surface area contributed by atoms with Gasteiger partial charge in [0.25, 0.3) is 0 Å². The molecule has 164 valence electrons. The monoisotopic (exact) mass is 484 g/mol. The first-order chi connectivity index (χ1) is 14.4. The van der Waals surface area contributed by atoms with Gasteiger partial charge < -0.3 is 4.57 Å². The second-order valence-electron chi connectivity index (χ2n) is 7.37. The van der Waals surface area contributed by atoms with Crippen LogP contribution in [0, 0.1) is 5.82 Å². The molecular formula is C19H18ClFN4O4S2. The van der Waals surface area contributed by atoms with E-state index in [-0.39, 0.29) is 34.4 Å². The number of aryl methyl sites for hydroxylation is 1. The van der Waals surface area contributed by atoms with Gasteiger partial charge in [0.15, 0.2) is 14.9 Å². The van der Waals surface area contributed by atoms with Gasteiger partial charge in [-0.1, -0.05) is 11.6 Å². The van der Waals surface area contributed by atoms with E-state index in [4.69, 9.17) is 11.6 Å². The molecule has 12 heteroatoms. The van der Waals surface area contributed by atoms with Crippen LogP contribution in [-0.4, -0.2) is 54.4 Å². The number of halogens is 2. The van der Waals surface area contributed by atoms with Crippen LogP contribution in [0.25, 0.3) is 21.8 Å². The Bertz CT molecular complexity index is 1540. The molecule has 0 aliphatic heterocycles. The van der Waals surface area contributed by atoms with Crippen LogP contribution in [-0.2, 0) is 32.8 Å². The predicted molar refractivity (Wildman–Crippen MR) is 116 cm³/mol. The highest BCUT2D eigenvalue weighted by molar-refractivity contribution is 7.91. The fourth-order valence-corrected chi connectivity index (χ4v) is 5.11. The van der Waals surface area contributed by atoms with Gasteiger partial charge in [0.05, 0.1) is 29.5 Å². The Morgan fingerprint density at radius 3 is 2.55 bits per heavy atom. The number of fused-ring (bicyclic) bond motifs is 2. The second kappa shape index (κ2) is 7.57. The van der Waals surface area contributed by atoms with Crippen LogP contribution in [0.4, 0.5) is 4.39 Å². The van der Waals surface area contributed by atoms with Crippen molar-refractivity contribution in [2.75, 3.05) is 18.3 Å². The lowest BCUT2D eigenvalue weighted by Gasteiger charge is -2.11. The zero-order chi connectivity index (χ0) is 22.6. The van der Waals surface area contributed by atoms with Crippen molar-refractivity contribution in [2.45, 2.75) is 18.1 Å². The van der Waals surface area contributed by atoms with Crippen LogP contribution in [0.3, 0.4) is 0 Å². The van der Waals surface area contributed by atoms with Gasteiger partial charge in [-0.25, -0.2) is 21.2 Å². The van der Waals surface area contributed by atoms with Gasteiger partial charge in [-0.05, 0) is 24.3 Å². The highest BCUT2D eigenvalue weighted by Gasteiger charge is 2.21. The van der Waals surface area contributed by atoms with Gasteiger partial charge in [-0.15, -0.1) is 0 Å². The van der Waals surface area contributed by atoms with E-state index in [0.717, 1.165) is 12.5 Å². The summed E-state index contributed by atoms with van der Waals surface area (Å²) in [5.74, 6) is -0.770. The van der Waals surface area contributed by atoms with Crippen molar-refractivity contribution < 1.29 is 21.2 Å². The number of hydrogen-bond acceptors (Lipinski definition) is 6. The molecule has 0 saturated heterocycles. The summed E-state index contributed by atoms with van der Waals surface area (Å²) >= 11 is 5.99. The summed E-state index contributed by atoms with van der Waals surface area (Å²) in [5.41, 5.74) is 1.26. The zero-order valence-electron chi connectivity index (χ0n) is 16.6. The van der Waals surface area contributed by atoms with Gasteiger partial charge in [0.1, 0.15) is 15.7 Å². The van der Waals surface area contributed by atoms with E-state index in [2.05, 4.69) is 10.1 Å². The molecule has 4 aromatic rings. The molecule has 0 spiro atoms. The minimum atomic E-state index is -3.60. The van der Waals surface area contributed by atoms with Crippen molar-refractivity contribution in [1.82, 2.24) is 19.3 Å². The molecule has 4 rings (SSSR count). The molecule has 0 N–H and O–H groups in total. The smallest absolute Gasteiger partial charge is 0.195 e. The van der Waals surface area contributed by atoms with Crippen LogP contribution in [0.1, 0.15) is 5.69 Å². The summed E-state index contributed by atoms with van der Waals surface area (Å²) in [6.07, 6.45) is 5.15. The van der Waals surface area contributed by atoms with Crippen molar-refractivity contribution in [1.29, 1.82) is 0 Å². The molecule has 0 saturated carbocycles. The molecule has 0 atom stereocenters. The average molecular weight is 485 g/mol. The SMILES string of the molecule is CS(=O)(=O)CCn1c(Cn2nc(S(C)(=O)=O)c3ccncc32)cc2cc(Cl)cc(F)c21. The number of hydrogen-bond donors (Lipinski definition) is 0. The molecule has 3 aromatic heterocycles. The number of nitrogens with zero attached hydrogens (tertiary/aromatic N) is 4. The van der Waals surface area contributed by atoms with Gasteiger partial charge in [0.2, 0.25) is 0 Å². The maximum atomic E-state index is 14.7. The molecule has 0 bridgehead atoms. The molecule has 0 aliphatic rings. The summed E-state index contributed by atoms with van der Waals surface area (Å²) in [5, 5.41) is 5.31. The Hall–Kier alpha value is -2.50. The highest BCUT2D eigenvalue weighted by Crippen LogP contribution is 2.29. The van der Waals surface area contributed by atoms with E-state index < -0.39 is 25.5 Å². The second-order valence-corrected chi connectivity index (χ2v) is 12.0. The first kappa shape index (κ1) is 21.7. The lowest BCUT2D eigenvalue weighted by atomic mass is 10.2. The lowest BCUT2D eigenvalue weighted by molar-refractivity contribution is 0.578. The highest BCUT2D eigenvalue weighted by atomic mass is 35.5. The largest absolute Gasteiger partial charge is 0.339 e. The standard InChI is InChI=1S/C19H18ClFN4O4S2/c1-30(26,27)6-5-24-14(8-12-7-13(20)9-16(21)18(12)24)11-25-17-10-22-4-3-15(17)19(23-25)31(2,28)29/h3-4,7-10H,5-6,11H2,1-2H3. The third-order valence-corrected chi connectivity index (χ3v) is 7.01. The third-order valence-electron chi connectivity index (χ3n) is 4.87. The minimum absolute atomic E-state index is 0.0204. The summed E-state index contributed by atoms with van der Waals surface area (Å²) in [4.78, 5) is 4.05. The molecule has 31 heavy (non-hydrogen) atoms. The Labute approximate surface area is 183 Å². The van der Waals surface area contributed by atoms with Crippen molar-refractivity contribution in [2.24, 2.45) is 0 Å². The van der Waals surface area contributed by atoms with Crippen molar-refractivity contribution >= 4 is 53.1 Å². The molecular weight excluding hydrogens is 467 g/mol. The molecule has 3 heterocycles. The van der Waals surface area contributed by atoms with Gasteiger partial charge in [-0.3, -0.25) is 9.67 Å². The number of benzene rings is 1. The maximum Gasteiger partial charge on any atom is 0.195 e. The van der Waals surface area contributed by atoms with Crippen molar-refractivity contribution in [3.05, 3.63) is 53.2 Å². The lowest BCUT2D eigenvalue weighted by Crippen LogP contribution is -2.15. The molecule has 1 aromatic carbocycles. The number of rotatable bonds is 6. The molecule has 0 radical (unpaired) electrons. The van der Waals surface area contributed by atoms with E-state index in [0.29, 0.717) is 22.0 Å². The van der Waals surface area contributed by atoms with E-state index >= 15 is 0 Å². The summed E-state index contributed by atoms with van der Waals surface area (Å²) < 4.78 is 65.6. The molecule has 0 fully saturated rings.